The third-order valence-corrected chi connectivity index (χ3v) is 3.01. The average molecular weight is 255 g/mol. The van der Waals surface area contributed by atoms with Crippen molar-refractivity contribution in [2.24, 2.45) is 0 Å². The van der Waals surface area contributed by atoms with Crippen molar-refractivity contribution in [3.8, 4) is 6.07 Å². The molecule has 4 nitrogen and oxygen atoms in total. The molecule has 1 N–H and O–H groups in total. The van der Waals surface area contributed by atoms with Gasteiger partial charge in [0.2, 0.25) is 0 Å². The van der Waals surface area contributed by atoms with Crippen LogP contribution >= 0.6 is 0 Å². The van der Waals surface area contributed by atoms with E-state index in [2.05, 4.69) is 16.3 Å². The van der Waals surface area contributed by atoms with Gasteiger partial charge in [0.25, 0.3) is 0 Å². The number of nitriles is 1. The molecule has 0 spiro atoms. The molecule has 0 radical (unpaired) electrons. The predicted molar refractivity (Wildman–Crippen MR) is 74.8 cm³/mol. The van der Waals surface area contributed by atoms with Crippen LogP contribution in [0.5, 0.6) is 0 Å². The summed E-state index contributed by atoms with van der Waals surface area (Å²) in [4.78, 5) is 2.11. The van der Waals surface area contributed by atoms with Crippen LogP contribution in [-0.4, -0.2) is 25.5 Å². The van der Waals surface area contributed by atoms with Gasteiger partial charge in [0, 0.05) is 12.2 Å². The SMILES string of the molecule is CN(C)[C@H](CNc1ccc(C#N)cc1)c1ccco1. The maximum atomic E-state index is 8.75. The summed E-state index contributed by atoms with van der Waals surface area (Å²) in [5, 5.41) is 12.1. The minimum absolute atomic E-state index is 0.172. The zero-order valence-electron chi connectivity index (χ0n) is 11.1. The van der Waals surface area contributed by atoms with E-state index in [-0.39, 0.29) is 6.04 Å². The normalized spacial score (nSPS) is 12.1. The van der Waals surface area contributed by atoms with Crippen LogP contribution in [0.1, 0.15) is 17.4 Å². The summed E-state index contributed by atoms with van der Waals surface area (Å²) in [5.41, 5.74) is 1.66. The van der Waals surface area contributed by atoms with E-state index in [0.29, 0.717) is 5.56 Å². The van der Waals surface area contributed by atoms with E-state index in [9.17, 15) is 0 Å². The first-order valence-corrected chi connectivity index (χ1v) is 6.14. The highest BCUT2D eigenvalue weighted by Crippen LogP contribution is 2.19. The lowest BCUT2D eigenvalue weighted by Crippen LogP contribution is -2.26. The Kier molecular flexibility index (Phi) is 4.22. The van der Waals surface area contributed by atoms with Crippen molar-refractivity contribution in [2.45, 2.75) is 6.04 Å². The monoisotopic (exact) mass is 255 g/mol. The zero-order chi connectivity index (χ0) is 13.7. The van der Waals surface area contributed by atoms with Gasteiger partial charge in [-0.15, -0.1) is 0 Å². The number of nitrogens with one attached hydrogen (secondary N) is 1. The lowest BCUT2D eigenvalue weighted by molar-refractivity contribution is 0.269. The van der Waals surface area contributed by atoms with Crippen LogP contribution in [0.25, 0.3) is 0 Å². The van der Waals surface area contributed by atoms with Gasteiger partial charge in [-0.3, -0.25) is 4.90 Å². The van der Waals surface area contributed by atoms with Gasteiger partial charge in [-0.1, -0.05) is 0 Å². The smallest absolute Gasteiger partial charge is 0.122 e. The van der Waals surface area contributed by atoms with Crippen molar-refractivity contribution in [3.05, 3.63) is 54.0 Å². The fourth-order valence-electron chi connectivity index (χ4n) is 1.90. The molecule has 0 unspecified atom stereocenters. The Morgan fingerprint density at radius 2 is 2.00 bits per heavy atom. The molecule has 1 heterocycles. The Balaban J connectivity index is 2.01. The van der Waals surface area contributed by atoms with Gasteiger partial charge in [-0.25, -0.2) is 0 Å². The second-order valence-electron chi connectivity index (χ2n) is 4.56. The van der Waals surface area contributed by atoms with Gasteiger partial charge in [0.05, 0.1) is 23.9 Å². The Hall–Kier alpha value is -2.25. The second kappa shape index (κ2) is 6.07. The Labute approximate surface area is 113 Å². The van der Waals surface area contributed by atoms with Crippen LogP contribution in [0.15, 0.2) is 47.1 Å². The molecule has 0 aliphatic carbocycles. The molecule has 19 heavy (non-hydrogen) atoms. The van der Waals surface area contributed by atoms with E-state index < -0.39 is 0 Å². The molecule has 2 rings (SSSR count). The number of furan rings is 1. The van der Waals surface area contributed by atoms with Crippen LogP contribution in [-0.2, 0) is 0 Å². The van der Waals surface area contributed by atoms with Crippen molar-refractivity contribution >= 4 is 5.69 Å². The standard InChI is InChI=1S/C15H17N3O/c1-18(2)14(15-4-3-9-19-15)11-17-13-7-5-12(10-16)6-8-13/h3-9,14,17H,11H2,1-2H3/t14-/m1/s1. The Morgan fingerprint density at radius 1 is 1.26 bits per heavy atom. The molecule has 0 aliphatic rings. The first-order valence-electron chi connectivity index (χ1n) is 6.14. The molecule has 1 atom stereocenters. The third kappa shape index (κ3) is 3.36. The van der Waals surface area contributed by atoms with E-state index in [4.69, 9.17) is 9.68 Å². The van der Waals surface area contributed by atoms with E-state index in [1.54, 1.807) is 18.4 Å². The molecular weight excluding hydrogens is 238 g/mol. The van der Waals surface area contributed by atoms with Gasteiger partial charge in [-0.05, 0) is 50.5 Å². The van der Waals surface area contributed by atoms with Crippen molar-refractivity contribution in [2.75, 3.05) is 26.0 Å². The number of nitrogens with zero attached hydrogens (tertiary/aromatic N) is 2. The van der Waals surface area contributed by atoms with E-state index in [1.165, 1.54) is 0 Å². The Morgan fingerprint density at radius 3 is 2.53 bits per heavy atom. The molecule has 0 aliphatic heterocycles. The number of hydrogen-bond donors (Lipinski definition) is 1. The molecule has 1 aromatic heterocycles. The first-order chi connectivity index (χ1) is 9.20. The zero-order valence-corrected chi connectivity index (χ0v) is 11.1. The summed E-state index contributed by atoms with van der Waals surface area (Å²) in [5.74, 6) is 0.936. The van der Waals surface area contributed by atoms with Crippen molar-refractivity contribution < 1.29 is 4.42 Å². The highest BCUT2D eigenvalue weighted by atomic mass is 16.3. The summed E-state index contributed by atoms with van der Waals surface area (Å²) >= 11 is 0. The average Bonchev–Trinajstić information content (AvgIpc) is 2.93. The summed E-state index contributed by atoms with van der Waals surface area (Å²) in [6, 6.07) is 13.6. The lowest BCUT2D eigenvalue weighted by Gasteiger charge is -2.23. The maximum Gasteiger partial charge on any atom is 0.122 e. The summed E-state index contributed by atoms with van der Waals surface area (Å²) in [6.45, 7) is 0.742. The van der Waals surface area contributed by atoms with E-state index in [0.717, 1.165) is 18.0 Å². The fraction of sp³-hybridized carbons (Fsp3) is 0.267. The van der Waals surface area contributed by atoms with E-state index in [1.807, 2.05) is 38.4 Å². The number of benzene rings is 1. The molecule has 98 valence electrons. The van der Waals surface area contributed by atoms with E-state index >= 15 is 0 Å². The summed E-state index contributed by atoms with van der Waals surface area (Å²) in [7, 11) is 4.04. The third-order valence-electron chi connectivity index (χ3n) is 3.01. The van der Waals surface area contributed by atoms with Crippen LogP contribution in [0.4, 0.5) is 5.69 Å². The van der Waals surface area contributed by atoms with Crippen LogP contribution in [0.3, 0.4) is 0 Å². The van der Waals surface area contributed by atoms with Crippen molar-refractivity contribution in [3.63, 3.8) is 0 Å². The van der Waals surface area contributed by atoms with Crippen molar-refractivity contribution in [1.82, 2.24) is 4.90 Å². The highest BCUT2D eigenvalue weighted by Gasteiger charge is 2.16. The number of hydrogen-bond acceptors (Lipinski definition) is 4. The minimum Gasteiger partial charge on any atom is -0.468 e. The summed E-state index contributed by atoms with van der Waals surface area (Å²) in [6.07, 6.45) is 1.69. The largest absolute Gasteiger partial charge is 0.468 e. The topological polar surface area (TPSA) is 52.2 Å². The number of rotatable bonds is 5. The molecule has 2 aromatic rings. The molecular formula is C15H17N3O. The van der Waals surface area contributed by atoms with Crippen LogP contribution in [0.2, 0.25) is 0 Å². The van der Waals surface area contributed by atoms with Gasteiger partial charge >= 0.3 is 0 Å². The highest BCUT2D eigenvalue weighted by molar-refractivity contribution is 5.47. The van der Waals surface area contributed by atoms with Gasteiger partial charge in [0.15, 0.2) is 0 Å². The quantitative estimate of drug-likeness (QED) is 0.892. The van der Waals surface area contributed by atoms with Crippen molar-refractivity contribution in [1.29, 1.82) is 5.26 Å². The van der Waals surface area contributed by atoms with Gasteiger partial charge in [0.1, 0.15) is 5.76 Å². The van der Waals surface area contributed by atoms with Gasteiger partial charge in [-0.2, -0.15) is 5.26 Å². The minimum atomic E-state index is 0.172. The lowest BCUT2D eigenvalue weighted by atomic mass is 10.2. The number of likely N-dealkylation sites (N-methyl/N-ethyl adjacent to an activating group) is 1. The molecule has 0 amide bonds. The molecule has 0 fully saturated rings. The summed E-state index contributed by atoms with van der Waals surface area (Å²) < 4.78 is 5.46. The second-order valence-corrected chi connectivity index (χ2v) is 4.56. The molecule has 0 bridgehead atoms. The molecule has 1 aromatic carbocycles. The van der Waals surface area contributed by atoms with Crippen LogP contribution in [0, 0.1) is 11.3 Å². The molecule has 0 saturated carbocycles. The Bertz CT molecular complexity index is 538. The van der Waals surface area contributed by atoms with Crippen LogP contribution < -0.4 is 5.32 Å². The molecule has 4 heteroatoms. The van der Waals surface area contributed by atoms with Gasteiger partial charge < -0.3 is 9.73 Å². The number of anilines is 1. The maximum absolute atomic E-state index is 8.75. The predicted octanol–water partition coefficient (Wildman–Crippen LogP) is 2.87. The first kappa shape index (κ1) is 13.2. The fourth-order valence-corrected chi connectivity index (χ4v) is 1.90. The molecule has 0 saturated heterocycles.